The summed E-state index contributed by atoms with van der Waals surface area (Å²) >= 11 is 2.98. The number of carbonyl (C=O) groups is 5. The van der Waals surface area contributed by atoms with Crippen LogP contribution in [0.5, 0.6) is 0 Å². The van der Waals surface area contributed by atoms with Gasteiger partial charge in [-0.15, -0.1) is 0 Å². The quantitative estimate of drug-likeness (QED) is 0.163. The second-order valence-corrected chi connectivity index (χ2v) is 16.0. The second-order valence-electron chi connectivity index (χ2n) is 15.4. The first-order chi connectivity index (χ1) is 24.7. The Morgan fingerprint density at radius 2 is 1.88 bits per heavy atom. The van der Waals surface area contributed by atoms with E-state index in [0.717, 1.165) is 55.1 Å². The number of ketones is 2. The monoisotopic (exact) mass is 778 g/mol. The normalized spacial score (nSPS) is 30.5. The molecule has 4 N–H and O–H groups in total. The molecule has 52 heavy (non-hydrogen) atoms. The molecular formula is C40H51BrN4O7. The number of nitrogens with one attached hydrogen (secondary N) is 2. The van der Waals surface area contributed by atoms with E-state index in [0.29, 0.717) is 31.5 Å². The summed E-state index contributed by atoms with van der Waals surface area (Å²) in [6, 6.07) is 8.16. The van der Waals surface area contributed by atoms with Gasteiger partial charge in [-0.25, -0.2) is 4.99 Å². The van der Waals surface area contributed by atoms with Crippen molar-refractivity contribution in [2.75, 3.05) is 37.0 Å². The molecular weight excluding hydrogens is 728 g/mol. The van der Waals surface area contributed by atoms with Gasteiger partial charge in [0.2, 0.25) is 5.91 Å². The lowest BCUT2D eigenvalue weighted by Crippen LogP contribution is -2.61. The molecule has 1 aromatic rings. The maximum Gasteiger partial charge on any atom is 0.266 e. The third kappa shape index (κ3) is 7.79. The molecule has 12 heteroatoms. The van der Waals surface area contributed by atoms with E-state index >= 15 is 0 Å². The van der Waals surface area contributed by atoms with Crippen LogP contribution >= 0.6 is 15.9 Å². The van der Waals surface area contributed by atoms with Crippen molar-refractivity contribution in [2.24, 2.45) is 39.0 Å². The summed E-state index contributed by atoms with van der Waals surface area (Å²) in [5.74, 6) is -1.34. The van der Waals surface area contributed by atoms with Gasteiger partial charge >= 0.3 is 0 Å². The van der Waals surface area contributed by atoms with Crippen LogP contribution < -0.4 is 15.5 Å². The van der Waals surface area contributed by atoms with Crippen LogP contribution in [0.4, 0.5) is 5.69 Å². The summed E-state index contributed by atoms with van der Waals surface area (Å²) in [4.78, 5) is 66.8. The molecule has 1 aromatic carbocycles. The lowest BCUT2D eigenvalue weighted by Gasteiger charge is -2.60. The number of aliphatic hydroxyl groups excluding tert-OH is 2. The second kappa shape index (κ2) is 16.1. The first kappa shape index (κ1) is 39.5. The van der Waals surface area contributed by atoms with E-state index < -0.39 is 35.4 Å². The van der Waals surface area contributed by atoms with Gasteiger partial charge in [0.25, 0.3) is 11.8 Å². The van der Waals surface area contributed by atoms with E-state index in [1.54, 1.807) is 12.2 Å². The maximum absolute atomic E-state index is 13.9. The van der Waals surface area contributed by atoms with E-state index in [9.17, 15) is 34.2 Å². The number of carbonyl (C=O) groups excluding carboxylic acids is 5. The summed E-state index contributed by atoms with van der Waals surface area (Å²) in [6.45, 7) is 7.81. The number of hydrogen-bond donors (Lipinski definition) is 4. The Balaban J connectivity index is 1.19. The van der Waals surface area contributed by atoms with Gasteiger partial charge in [0.15, 0.2) is 11.6 Å². The number of aliphatic imine (C=N–C) groups is 1. The highest BCUT2D eigenvalue weighted by Crippen LogP contribution is 2.69. The van der Waals surface area contributed by atoms with E-state index in [-0.39, 0.29) is 52.5 Å². The molecule has 3 saturated carbocycles. The molecule has 11 nitrogen and oxygen atoms in total. The molecule has 3 fully saturated rings. The number of fused-ring (bicyclic) bond motifs is 5. The molecule has 0 heterocycles. The Morgan fingerprint density at radius 3 is 2.58 bits per heavy atom. The molecule has 0 saturated heterocycles. The number of anilines is 1. The summed E-state index contributed by atoms with van der Waals surface area (Å²) in [7, 11) is 1.98. The van der Waals surface area contributed by atoms with Crippen LogP contribution in [-0.4, -0.2) is 83.9 Å². The average Bonchev–Trinajstić information content (AvgIpc) is 3.41. The van der Waals surface area contributed by atoms with Crippen molar-refractivity contribution in [3.8, 4) is 0 Å². The minimum Gasteiger partial charge on any atom is -0.393 e. The molecule has 7 unspecified atom stereocenters. The molecule has 5 rings (SSSR count). The van der Waals surface area contributed by atoms with Crippen molar-refractivity contribution in [1.82, 2.24) is 10.6 Å². The van der Waals surface area contributed by atoms with Gasteiger partial charge in [0, 0.05) is 36.3 Å². The molecule has 280 valence electrons. The number of amides is 3. The fourth-order valence-electron chi connectivity index (χ4n) is 9.99. The van der Waals surface area contributed by atoms with Gasteiger partial charge < -0.3 is 25.7 Å². The number of benzene rings is 1. The van der Waals surface area contributed by atoms with E-state index in [2.05, 4.69) is 56.9 Å². The lowest BCUT2D eigenvalue weighted by molar-refractivity contribution is -0.157. The first-order valence-corrected chi connectivity index (χ1v) is 19.2. The van der Waals surface area contributed by atoms with Crippen LogP contribution in [0.15, 0.2) is 65.3 Å². The number of Topliss-reactive ketones (excluding diaryl/α,β-unsaturated/α-hetero) is 1. The van der Waals surface area contributed by atoms with Crippen molar-refractivity contribution in [3.63, 3.8) is 0 Å². The van der Waals surface area contributed by atoms with E-state index in [1.165, 1.54) is 0 Å². The van der Waals surface area contributed by atoms with Crippen molar-refractivity contribution in [3.05, 3.63) is 65.9 Å². The minimum atomic E-state index is -0.826. The highest BCUT2D eigenvalue weighted by atomic mass is 79.9. The molecule has 0 aliphatic heterocycles. The Hall–Kier alpha value is -3.74. The fraction of sp³-hybridized carbons (Fsp3) is 0.550. The van der Waals surface area contributed by atoms with Crippen LogP contribution in [0.1, 0.15) is 64.4 Å². The van der Waals surface area contributed by atoms with Crippen LogP contribution in [0.3, 0.4) is 0 Å². The number of allylic oxidation sites excluding steroid dienone is 5. The Morgan fingerprint density at radius 1 is 1.15 bits per heavy atom. The third-order valence-electron chi connectivity index (χ3n) is 12.6. The fourth-order valence-corrected chi connectivity index (χ4v) is 10.2. The van der Waals surface area contributed by atoms with Gasteiger partial charge in [-0.3, -0.25) is 24.0 Å². The smallest absolute Gasteiger partial charge is 0.266 e. The Bertz CT molecular complexity index is 1690. The SMILES string of the molecule is C=C(CCCc1ccc(N(C)CC2(C(=O)CO)CCC3C4CCC5=CC(=O)C=CC5(C)C4C(O)CC32C)cc1)NC(=O)/C=N/C(=O)CNC(=O)CBr. The topological polar surface area (TPSA) is 165 Å². The number of aliphatic hydroxyl groups is 2. The van der Waals surface area contributed by atoms with Gasteiger partial charge in [-0.1, -0.05) is 60.1 Å². The zero-order valence-corrected chi connectivity index (χ0v) is 31.9. The van der Waals surface area contributed by atoms with E-state index in [1.807, 2.05) is 37.4 Å². The standard InChI is InChI=1S/C40H51BrN4O7/c1-25(44-36(52)22-43-35(51)21-42-34(50)20-41)6-5-7-26-8-11-28(12-9-26)45(4)24-40(33(49)23-46)17-15-31-30-13-10-27-18-29(47)14-16-38(27,2)37(30)32(48)19-39(31,40)3/h8-9,11-12,14,16,18,22,30-32,37,46,48H,1,5-7,10,13,15,17,19-21,23-24H2,2-4H3,(H,42,50)(H,44,52)/b43-22+. The van der Waals surface area contributed by atoms with Gasteiger partial charge in [-0.05, 0) is 98.5 Å². The third-order valence-corrected chi connectivity index (χ3v) is 13.1. The molecule has 4 aliphatic rings. The van der Waals surface area contributed by atoms with Crippen LogP contribution in [-0.2, 0) is 30.4 Å². The summed E-state index contributed by atoms with van der Waals surface area (Å²) in [5, 5.41) is 27.3. The van der Waals surface area contributed by atoms with Gasteiger partial charge in [0.05, 0.1) is 29.6 Å². The molecule has 4 aliphatic carbocycles. The number of nitrogens with zero attached hydrogens (tertiary/aromatic N) is 2. The number of hydrogen-bond acceptors (Lipinski definition) is 8. The zero-order chi connectivity index (χ0) is 37.8. The predicted molar refractivity (Wildman–Crippen MR) is 203 cm³/mol. The molecule has 0 spiro atoms. The number of aryl methyl sites for hydroxylation is 1. The Kier molecular flexibility index (Phi) is 12.2. The van der Waals surface area contributed by atoms with Gasteiger partial charge in [0.1, 0.15) is 6.61 Å². The highest BCUT2D eigenvalue weighted by Gasteiger charge is 2.68. The number of halogens is 1. The van der Waals surface area contributed by atoms with Crippen molar-refractivity contribution in [1.29, 1.82) is 0 Å². The summed E-state index contributed by atoms with van der Waals surface area (Å²) < 4.78 is 0. The van der Waals surface area contributed by atoms with Gasteiger partial charge in [-0.2, -0.15) is 0 Å². The average molecular weight is 780 g/mol. The molecule has 3 amide bonds. The Labute approximate surface area is 314 Å². The van der Waals surface area contributed by atoms with Crippen molar-refractivity contribution in [2.45, 2.75) is 71.3 Å². The first-order valence-electron chi connectivity index (χ1n) is 18.1. The van der Waals surface area contributed by atoms with Crippen molar-refractivity contribution < 1.29 is 34.2 Å². The molecule has 0 bridgehead atoms. The molecule has 7 atom stereocenters. The van der Waals surface area contributed by atoms with E-state index in [4.69, 9.17) is 0 Å². The number of alkyl halides is 1. The predicted octanol–water partition coefficient (Wildman–Crippen LogP) is 4.01. The summed E-state index contributed by atoms with van der Waals surface area (Å²) in [5.41, 5.74) is 1.94. The highest BCUT2D eigenvalue weighted by molar-refractivity contribution is 9.09. The minimum absolute atomic E-state index is 0.00642. The van der Waals surface area contributed by atoms with Crippen LogP contribution in [0.2, 0.25) is 0 Å². The van der Waals surface area contributed by atoms with Crippen LogP contribution in [0, 0.1) is 34.0 Å². The lowest BCUT2D eigenvalue weighted by atomic mass is 9.44. The zero-order valence-electron chi connectivity index (χ0n) is 30.3. The maximum atomic E-state index is 13.9. The van der Waals surface area contributed by atoms with Crippen molar-refractivity contribution >= 4 is 57.1 Å². The van der Waals surface area contributed by atoms with Crippen LogP contribution in [0.25, 0.3) is 0 Å². The molecule has 0 radical (unpaired) electrons. The number of rotatable bonds is 14. The summed E-state index contributed by atoms with van der Waals surface area (Å²) in [6.07, 6.45) is 11.3. The molecule has 0 aromatic heterocycles. The largest absolute Gasteiger partial charge is 0.393 e.